The van der Waals surface area contributed by atoms with Crippen LogP contribution >= 0.6 is 0 Å². The van der Waals surface area contributed by atoms with Crippen molar-refractivity contribution in [2.45, 2.75) is 38.4 Å². The minimum atomic E-state index is -4.51. The van der Waals surface area contributed by atoms with Gasteiger partial charge < -0.3 is 10.2 Å². The molecule has 6 heteroatoms. The van der Waals surface area contributed by atoms with E-state index in [4.69, 9.17) is 0 Å². The summed E-state index contributed by atoms with van der Waals surface area (Å²) in [5.74, 6) is -0.802. The minimum Gasteiger partial charge on any atom is -0.365 e. The Balaban J connectivity index is 2.27. The van der Waals surface area contributed by atoms with Crippen LogP contribution in [0.1, 0.15) is 31.7 Å². The first kappa shape index (κ1) is 16.1. The largest absolute Gasteiger partial charge is 0.416 e. The Morgan fingerprint density at radius 1 is 1.33 bits per heavy atom. The lowest BCUT2D eigenvalue weighted by Crippen LogP contribution is -2.46. The molecule has 0 aromatic heterocycles. The van der Waals surface area contributed by atoms with E-state index in [9.17, 15) is 17.6 Å². The van der Waals surface area contributed by atoms with Gasteiger partial charge in [-0.1, -0.05) is 6.92 Å². The second kappa shape index (κ2) is 6.64. The smallest absolute Gasteiger partial charge is 0.365 e. The maximum atomic E-state index is 14.1. The van der Waals surface area contributed by atoms with Crippen LogP contribution in [0, 0.1) is 5.82 Å². The van der Waals surface area contributed by atoms with E-state index in [2.05, 4.69) is 5.32 Å². The van der Waals surface area contributed by atoms with Crippen LogP contribution in [-0.2, 0) is 6.18 Å². The number of anilines is 1. The van der Waals surface area contributed by atoms with E-state index >= 15 is 0 Å². The summed E-state index contributed by atoms with van der Waals surface area (Å²) in [7, 11) is 0. The molecule has 0 bridgehead atoms. The Labute approximate surface area is 122 Å². The lowest BCUT2D eigenvalue weighted by Gasteiger charge is -2.36. The van der Waals surface area contributed by atoms with Crippen molar-refractivity contribution in [3.05, 3.63) is 29.6 Å². The highest BCUT2D eigenvalue weighted by atomic mass is 19.4. The van der Waals surface area contributed by atoms with Crippen LogP contribution in [0.25, 0.3) is 0 Å². The molecule has 0 spiro atoms. The fraction of sp³-hybridized carbons (Fsp3) is 0.600. The van der Waals surface area contributed by atoms with Crippen LogP contribution < -0.4 is 10.2 Å². The highest BCUT2D eigenvalue weighted by Gasteiger charge is 2.32. The molecule has 0 aliphatic carbocycles. The normalized spacial score (nSPS) is 19.6. The van der Waals surface area contributed by atoms with Gasteiger partial charge in [-0.2, -0.15) is 13.2 Å². The second-order valence-electron chi connectivity index (χ2n) is 5.36. The Morgan fingerprint density at radius 2 is 2.10 bits per heavy atom. The summed E-state index contributed by atoms with van der Waals surface area (Å²) in [6, 6.07) is 2.93. The first-order chi connectivity index (χ1) is 9.93. The maximum Gasteiger partial charge on any atom is 0.416 e. The summed E-state index contributed by atoms with van der Waals surface area (Å²) >= 11 is 0. The van der Waals surface area contributed by atoms with E-state index in [-0.39, 0.29) is 11.7 Å². The molecule has 1 aliphatic heterocycles. The Bertz CT molecular complexity index is 467. The molecule has 0 radical (unpaired) electrons. The van der Waals surface area contributed by atoms with Crippen LogP contribution in [0.2, 0.25) is 0 Å². The molecule has 1 aliphatic rings. The van der Waals surface area contributed by atoms with Crippen molar-refractivity contribution >= 4 is 5.69 Å². The molecule has 2 nitrogen and oxygen atoms in total. The monoisotopic (exact) mass is 304 g/mol. The second-order valence-corrected chi connectivity index (χ2v) is 5.36. The molecule has 2 rings (SSSR count). The number of alkyl halides is 3. The first-order valence-corrected chi connectivity index (χ1v) is 7.27. The highest BCUT2D eigenvalue weighted by Crippen LogP contribution is 2.33. The van der Waals surface area contributed by atoms with E-state index in [0.717, 1.165) is 38.4 Å². The average Bonchev–Trinajstić information content (AvgIpc) is 2.45. The summed E-state index contributed by atoms with van der Waals surface area (Å²) in [6.45, 7) is 4.28. The molecule has 1 N–H and O–H groups in total. The number of nitrogens with one attached hydrogen (secondary N) is 1. The van der Waals surface area contributed by atoms with Gasteiger partial charge in [-0.05, 0) is 44.0 Å². The van der Waals surface area contributed by atoms with E-state index in [1.807, 2.05) is 11.8 Å². The van der Waals surface area contributed by atoms with E-state index in [0.29, 0.717) is 12.6 Å². The molecular weight excluding hydrogens is 284 g/mol. The Kier molecular flexibility index (Phi) is 5.08. The van der Waals surface area contributed by atoms with Gasteiger partial charge >= 0.3 is 6.18 Å². The van der Waals surface area contributed by atoms with Crippen molar-refractivity contribution in [3.8, 4) is 0 Å². The molecular formula is C15H20F4N2. The van der Waals surface area contributed by atoms with Crippen molar-refractivity contribution < 1.29 is 17.6 Å². The average molecular weight is 304 g/mol. The van der Waals surface area contributed by atoms with Gasteiger partial charge in [0, 0.05) is 19.1 Å². The number of nitrogens with zero attached hydrogens (tertiary/aromatic N) is 1. The van der Waals surface area contributed by atoms with Crippen molar-refractivity contribution in [1.29, 1.82) is 0 Å². The zero-order valence-electron chi connectivity index (χ0n) is 12.0. The molecule has 1 atom stereocenters. The quantitative estimate of drug-likeness (QED) is 0.851. The van der Waals surface area contributed by atoms with Gasteiger partial charge in [-0.15, -0.1) is 0 Å². The predicted octanol–water partition coefficient (Wildman–Crippen LogP) is 3.81. The highest BCUT2D eigenvalue weighted by molar-refractivity contribution is 5.50. The molecule has 118 valence electrons. The third-order valence-electron chi connectivity index (χ3n) is 3.76. The molecule has 0 amide bonds. The number of rotatable bonds is 4. The lowest BCUT2D eigenvalue weighted by molar-refractivity contribution is -0.137. The van der Waals surface area contributed by atoms with Crippen molar-refractivity contribution in [2.75, 3.05) is 24.5 Å². The summed E-state index contributed by atoms with van der Waals surface area (Å²) in [5, 5.41) is 3.25. The van der Waals surface area contributed by atoms with Crippen molar-refractivity contribution in [3.63, 3.8) is 0 Å². The summed E-state index contributed by atoms with van der Waals surface area (Å²) in [4.78, 5) is 1.89. The Morgan fingerprint density at radius 3 is 2.62 bits per heavy atom. The minimum absolute atomic E-state index is 0.130. The maximum absolute atomic E-state index is 14.1. The Hall–Kier alpha value is -1.30. The van der Waals surface area contributed by atoms with Crippen LogP contribution in [-0.4, -0.2) is 25.7 Å². The molecule has 1 fully saturated rings. The molecule has 1 unspecified atom stereocenters. The van der Waals surface area contributed by atoms with E-state index in [1.54, 1.807) is 0 Å². The number of halogens is 4. The van der Waals surface area contributed by atoms with Crippen LogP contribution in [0.4, 0.5) is 23.2 Å². The number of hydrogen-bond acceptors (Lipinski definition) is 2. The fourth-order valence-corrected chi connectivity index (χ4v) is 2.76. The fourth-order valence-electron chi connectivity index (χ4n) is 2.76. The first-order valence-electron chi connectivity index (χ1n) is 7.27. The molecule has 1 aromatic carbocycles. The predicted molar refractivity (Wildman–Crippen MR) is 74.9 cm³/mol. The lowest BCUT2D eigenvalue weighted by atomic mass is 10.0. The number of piperidine rings is 1. The van der Waals surface area contributed by atoms with Crippen LogP contribution in [0.3, 0.4) is 0 Å². The third-order valence-corrected chi connectivity index (χ3v) is 3.76. The van der Waals surface area contributed by atoms with E-state index in [1.165, 1.54) is 6.07 Å². The molecule has 1 heterocycles. The van der Waals surface area contributed by atoms with Crippen LogP contribution in [0.5, 0.6) is 0 Å². The summed E-state index contributed by atoms with van der Waals surface area (Å²) in [5.41, 5.74) is -0.680. The van der Waals surface area contributed by atoms with Gasteiger partial charge in [-0.25, -0.2) is 4.39 Å². The van der Waals surface area contributed by atoms with Crippen molar-refractivity contribution in [2.24, 2.45) is 0 Å². The van der Waals surface area contributed by atoms with Gasteiger partial charge in [0.1, 0.15) is 5.82 Å². The zero-order valence-corrected chi connectivity index (χ0v) is 12.0. The van der Waals surface area contributed by atoms with Crippen LogP contribution in [0.15, 0.2) is 18.2 Å². The number of hydrogen-bond donors (Lipinski definition) is 1. The standard InChI is InChI=1S/C15H20F4N2/c1-2-8-21(12-4-3-7-20-10-12)14-6-5-11(9-13(14)16)15(17,18)19/h5-6,9,12,20H,2-4,7-8,10H2,1H3. The van der Waals surface area contributed by atoms with Gasteiger partial charge in [0.15, 0.2) is 0 Å². The molecule has 1 saturated heterocycles. The van der Waals surface area contributed by atoms with Gasteiger partial charge in [0.05, 0.1) is 11.3 Å². The van der Waals surface area contributed by atoms with Crippen molar-refractivity contribution in [1.82, 2.24) is 5.32 Å². The summed E-state index contributed by atoms with van der Waals surface area (Å²) in [6.07, 6.45) is -1.78. The van der Waals surface area contributed by atoms with E-state index < -0.39 is 17.6 Å². The van der Waals surface area contributed by atoms with Gasteiger partial charge in [0.2, 0.25) is 0 Å². The molecule has 1 aromatic rings. The zero-order chi connectivity index (χ0) is 15.5. The molecule has 0 saturated carbocycles. The topological polar surface area (TPSA) is 15.3 Å². The van der Waals surface area contributed by atoms with Gasteiger partial charge in [0.25, 0.3) is 0 Å². The number of benzene rings is 1. The third kappa shape index (κ3) is 3.87. The molecule has 21 heavy (non-hydrogen) atoms. The van der Waals surface area contributed by atoms with Gasteiger partial charge in [-0.3, -0.25) is 0 Å². The summed E-state index contributed by atoms with van der Waals surface area (Å²) < 4.78 is 52.0. The SMILES string of the molecule is CCCN(c1ccc(C(F)(F)F)cc1F)C1CCCNC1.